The van der Waals surface area contributed by atoms with Gasteiger partial charge in [-0.25, -0.2) is 9.67 Å². The lowest BCUT2D eigenvalue weighted by Crippen LogP contribution is -2.03. The van der Waals surface area contributed by atoms with Gasteiger partial charge in [-0.3, -0.25) is 0 Å². The lowest BCUT2D eigenvalue weighted by atomic mass is 10.1. The summed E-state index contributed by atoms with van der Waals surface area (Å²) in [4.78, 5) is 4.56. The molecule has 2 aromatic heterocycles. The van der Waals surface area contributed by atoms with Gasteiger partial charge in [0.2, 0.25) is 0 Å². The fourth-order valence-corrected chi connectivity index (χ4v) is 2.62. The van der Waals surface area contributed by atoms with E-state index in [0.29, 0.717) is 5.69 Å². The van der Waals surface area contributed by atoms with Crippen LogP contribution in [0.15, 0.2) is 60.8 Å². The Hall–Kier alpha value is -2.72. The molecule has 4 nitrogen and oxygen atoms in total. The molecule has 0 amide bonds. The molecule has 0 spiro atoms. The fourth-order valence-electron chi connectivity index (χ4n) is 2.62. The summed E-state index contributed by atoms with van der Waals surface area (Å²) in [6.45, 7) is -0.0863. The molecule has 2 heterocycles. The van der Waals surface area contributed by atoms with Crippen LogP contribution in [0.4, 0.5) is 0 Å². The Bertz CT molecular complexity index is 943. The van der Waals surface area contributed by atoms with E-state index in [1.807, 2.05) is 65.5 Å². The van der Waals surface area contributed by atoms with E-state index in [4.69, 9.17) is 0 Å². The second-order valence-corrected chi connectivity index (χ2v) is 4.93. The van der Waals surface area contributed by atoms with Crippen LogP contribution in [0.25, 0.3) is 27.5 Å². The number of benzene rings is 2. The molecule has 0 atom stereocenters. The molecular weight excluding hydrogens is 262 g/mol. The van der Waals surface area contributed by atoms with E-state index in [-0.39, 0.29) is 6.61 Å². The number of aromatic nitrogens is 3. The second kappa shape index (κ2) is 4.68. The Morgan fingerprint density at radius 2 is 1.71 bits per heavy atom. The molecule has 4 rings (SSSR count). The summed E-state index contributed by atoms with van der Waals surface area (Å²) in [6, 6.07) is 17.9. The Morgan fingerprint density at radius 1 is 0.952 bits per heavy atom. The Morgan fingerprint density at radius 3 is 2.57 bits per heavy atom. The van der Waals surface area contributed by atoms with Gasteiger partial charge in [0.15, 0.2) is 5.82 Å². The molecule has 0 fully saturated rings. The highest BCUT2D eigenvalue weighted by molar-refractivity contribution is 5.91. The summed E-state index contributed by atoms with van der Waals surface area (Å²) < 4.78 is 1.83. The van der Waals surface area contributed by atoms with E-state index < -0.39 is 0 Å². The minimum absolute atomic E-state index is 0.0863. The molecule has 0 saturated carbocycles. The van der Waals surface area contributed by atoms with E-state index in [2.05, 4.69) is 10.1 Å². The Kier molecular flexibility index (Phi) is 2.69. The molecule has 0 saturated heterocycles. The molecule has 2 aromatic carbocycles. The third kappa shape index (κ3) is 1.88. The van der Waals surface area contributed by atoms with Crippen molar-refractivity contribution in [3.63, 3.8) is 0 Å². The number of hydrogen-bond acceptors (Lipinski definition) is 3. The minimum atomic E-state index is -0.0863. The van der Waals surface area contributed by atoms with Gasteiger partial charge in [-0.15, -0.1) is 0 Å². The third-order valence-corrected chi connectivity index (χ3v) is 3.61. The maximum Gasteiger partial charge on any atom is 0.162 e. The molecule has 0 unspecified atom stereocenters. The van der Waals surface area contributed by atoms with Crippen molar-refractivity contribution >= 4 is 21.7 Å². The zero-order chi connectivity index (χ0) is 14.2. The van der Waals surface area contributed by atoms with Gasteiger partial charge in [0.1, 0.15) is 0 Å². The van der Waals surface area contributed by atoms with Crippen molar-refractivity contribution in [2.75, 3.05) is 0 Å². The molecule has 102 valence electrons. The van der Waals surface area contributed by atoms with E-state index in [0.717, 1.165) is 27.5 Å². The van der Waals surface area contributed by atoms with E-state index in [9.17, 15) is 5.11 Å². The van der Waals surface area contributed by atoms with Crippen molar-refractivity contribution in [1.29, 1.82) is 0 Å². The first-order chi connectivity index (χ1) is 10.4. The predicted octanol–water partition coefficient (Wildman–Crippen LogP) is 3.07. The predicted molar refractivity (Wildman–Crippen MR) is 82.3 cm³/mol. The topological polar surface area (TPSA) is 50.9 Å². The quantitative estimate of drug-likeness (QED) is 0.611. The molecule has 4 aromatic rings. The van der Waals surface area contributed by atoms with Crippen LogP contribution >= 0.6 is 0 Å². The van der Waals surface area contributed by atoms with Crippen LogP contribution in [-0.2, 0) is 6.61 Å². The van der Waals surface area contributed by atoms with Gasteiger partial charge in [-0.05, 0) is 17.5 Å². The Labute approximate surface area is 121 Å². The standard InChI is InChI=1S/C17H13N3O/c21-11-14-9-12-5-1-3-7-15(12)17(19-14)20-16-8-4-2-6-13(16)10-18-20/h1-10,21H,11H2. The molecule has 0 bridgehead atoms. The third-order valence-electron chi connectivity index (χ3n) is 3.61. The summed E-state index contributed by atoms with van der Waals surface area (Å²) in [5, 5.41) is 17.0. The lowest BCUT2D eigenvalue weighted by Gasteiger charge is -2.09. The summed E-state index contributed by atoms with van der Waals surface area (Å²) >= 11 is 0. The van der Waals surface area contributed by atoms with Gasteiger partial charge in [0.05, 0.1) is 24.0 Å². The largest absolute Gasteiger partial charge is 0.390 e. The van der Waals surface area contributed by atoms with Gasteiger partial charge in [0, 0.05) is 10.8 Å². The molecule has 1 N–H and O–H groups in total. The Balaban J connectivity index is 2.09. The van der Waals surface area contributed by atoms with Crippen LogP contribution in [0.5, 0.6) is 0 Å². The second-order valence-electron chi connectivity index (χ2n) is 4.93. The molecule has 0 radical (unpaired) electrons. The average molecular weight is 275 g/mol. The first kappa shape index (κ1) is 12.1. The highest BCUT2D eigenvalue weighted by atomic mass is 16.3. The smallest absolute Gasteiger partial charge is 0.162 e. The number of nitrogens with zero attached hydrogens (tertiary/aromatic N) is 3. The van der Waals surface area contributed by atoms with Crippen molar-refractivity contribution in [1.82, 2.24) is 14.8 Å². The first-order valence-corrected chi connectivity index (χ1v) is 6.79. The molecule has 0 aliphatic carbocycles. The van der Waals surface area contributed by atoms with Crippen LogP contribution in [-0.4, -0.2) is 19.9 Å². The number of aliphatic hydroxyl groups is 1. The summed E-state index contributed by atoms with van der Waals surface area (Å²) in [7, 11) is 0. The SMILES string of the molecule is OCc1cc2ccccc2c(-n2ncc3ccccc32)n1. The zero-order valence-corrected chi connectivity index (χ0v) is 11.3. The van der Waals surface area contributed by atoms with E-state index in [1.54, 1.807) is 0 Å². The zero-order valence-electron chi connectivity index (χ0n) is 11.3. The molecular formula is C17H13N3O. The van der Waals surface area contributed by atoms with Gasteiger partial charge in [0.25, 0.3) is 0 Å². The number of pyridine rings is 1. The van der Waals surface area contributed by atoms with Crippen molar-refractivity contribution in [3.8, 4) is 5.82 Å². The summed E-state index contributed by atoms with van der Waals surface area (Å²) in [6.07, 6.45) is 1.83. The number of fused-ring (bicyclic) bond motifs is 2. The number of rotatable bonds is 2. The van der Waals surface area contributed by atoms with E-state index in [1.165, 1.54) is 0 Å². The first-order valence-electron chi connectivity index (χ1n) is 6.79. The maximum absolute atomic E-state index is 9.44. The summed E-state index contributed by atoms with van der Waals surface area (Å²) in [5.74, 6) is 0.748. The van der Waals surface area contributed by atoms with Gasteiger partial charge >= 0.3 is 0 Å². The number of hydrogen-bond donors (Lipinski definition) is 1. The number of para-hydroxylation sites is 1. The summed E-state index contributed by atoms with van der Waals surface area (Å²) in [5.41, 5.74) is 1.65. The molecule has 0 aliphatic heterocycles. The van der Waals surface area contributed by atoms with Crippen LogP contribution in [0, 0.1) is 0 Å². The highest BCUT2D eigenvalue weighted by Crippen LogP contribution is 2.24. The van der Waals surface area contributed by atoms with Crippen LogP contribution in [0.2, 0.25) is 0 Å². The normalized spacial score (nSPS) is 11.3. The van der Waals surface area contributed by atoms with Crippen molar-refractivity contribution in [2.45, 2.75) is 6.61 Å². The average Bonchev–Trinajstić information content (AvgIpc) is 2.97. The minimum Gasteiger partial charge on any atom is -0.390 e. The molecule has 21 heavy (non-hydrogen) atoms. The molecule has 0 aliphatic rings. The van der Waals surface area contributed by atoms with Crippen LogP contribution < -0.4 is 0 Å². The monoisotopic (exact) mass is 275 g/mol. The maximum atomic E-state index is 9.44. The van der Waals surface area contributed by atoms with E-state index >= 15 is 0 Å². The van der Waals surface area contributed by atoms with Gasteiger partial charge < -0.3 is 5.11 Å². The number of aliphatic hydroxyl groups excluding tert-OH is 1. The van der Waals surface area contributed by atoms with Gasteiger partial charge in [-0.2, -0.15) is 5.10 Å². The van der Waals surface area contributed by atoms with Crippen molar-refractivity contribution in [2.24, 2.45) is 0 Å². The van der Waals surface area contributed by atoms with Crippen LogP contribution in [0.3, 0.4) is 0 Å². The molecule has 4 heteroatoms. The lowest BCUT2D eigenvalue weighted by molar-refractivity contribution is 0.277. The van der Waals surface area contributed by atoms with Gasteiger partial charge in [-0.1, -0.05) is 42.5 Å². The van der Waals surface area contributed by atoms with Crippen molar-refractivity contribution in [3.05, 3.63) is 66.5 Å². The fraction of sp³-hybridized carbons (Fsp3) is 0.0588. The highest BCUT2D eigenvalue weighted by Gasteiger charge is 2.11. The van der Waals surface area contributed by atoms with Crippen molar-refractivity contribution < 1.29 is 5.11 Å². The van der Waals surface area contributed by atoms with Crippen LogP contribution in [0.1, 0.15) is 5.69 Å².